The lowest BCUT2D eigenvalue weighted by Crippen LogP contribution is -2.35. The van der Waals surface area contributed by atoms with Crippen molar-refractivity contribution >= 4 is 5.91 Å². The molecular weight excluding hydrogens is 316 g/mol. The molecule has 2 heterocycles. The first-order chi connectivity index (χ1) is 12.0. The quantitative estimate of drug-likeness (QED) is 0.860. The maximum Gasteiger partial charge on any atom is 0.267 e. The van der Waals surface area contributed by atoms with Crippen LogP contribution in [0.2, 0.25) is 0 Å². The molecule has 25 heavy (non-hydrogen) atoms. The third-order valence-electron chi connectivity index (χ3n) is 4.53. The number of hydrogen-bond donors (Lipinski definition) is 0. The van der Waals surface area contributed by atoms with Crippen molar-refractivity contribution < 1.29 is 4.79 Å². The Morgan fingerprint density at radius 2 is 1.96 bits per heavy atom. The number of nitrogens with zero attached hydrogens (tertiary/aromatic N) is 4. The Hall–Kier alpha value is -2.50. The summed E-state index contributed by atoms with van der Waals surface area (Å²) in [5.41, 5.74) is 2.15. The van der Waals surface area contributed by atoms with Crippen LogP contribution in [0.5, 0.6) is 0 Å². The first kappa shape index (κ1) is 17.3. The van der Waals surface area contributed by atoms with Gasteiger partial charge in [-0.2, -0.15) is 5.10 Å². The van der Waals surface area contributed by atoms with Gasteiger partial charge in [0.25, 0.3) is 11.5 Å². The largest absolute Gasteiger partial charge is 0.272 e. The molecule has 0 atom stereocenters. The second-order valence-electron chi connectivity index (χ2n) is 6.72. The molecule has 1 saturated carbocycles. The predicted molar refractivity (Wildman–Crippen MR) is 95.5 cm³/mol. The van der Waals surface area contributed by atoms with E-state index < -0.39 is 0 Å². The number of aromatic nitrogens is 3. The highest BCUT2D eigenvalue weighted by Crippen LogP contribution is 2.19. The van der Waals surface area contributed by atoms with Crippen LogP contribution in [-0.2, 0) is 6.54 Å². The Kier molecular flexibility index (Phi) is 5.26. The molecule has 2 aromatic rings. The van der Waals surface area contributed by atoms with Gasteiger partial charge in [0, 0.05) is 12.3 Å². The summed E-state index contributed by atoms with van der Waals surface area (Å²) in [5, 5.41) is 4.14. The van der Waals surface area contributed by atoms with Crippen molar-refractivity contribution in [2.24, 2.45) is 4.99 Å². The van der Waals surface area contributed by atoms with E-state index in [1.54, 1.807) is 19.2 Å². The molecule has 1 aliphatic rings. The molecule has 6 heteroatoms. The lowest BCUT2D eigenvalue weighted by Gasteiger charge is -2.18. The Morgan fingerprint density at radius 1 is 1.20 bits per heavy atom. The number of hydrogen-bond acceptors (Lipinski definition) is 4. The zero-order chi connectivity index (χ0) is 17.8. The maximum atomic E-state index is 12.8. The lowest BCUT2D eigenvalue weighted by molar-refractivity contribution is 0.0878. The minimum Gasteiger partial charge on any atom is -0.272 e. The number of carbonyl (C=O) groups is 1. The van der Waals surface area contributed by atoms with E-state index >= 15 is 0 Å². The molecule has 0 spiro atoms. The zero-order valence-corrected chi connectivity index (χ0v) is 14.8. The van der Waals surface area contributed by atoms with Crippen LogP contribution in [0, 0.1) is 13.8 Å². The van der Waals surface area contributed by atoms with Crippen LogP contribution in [0.1, 0.15) is 48.2 Å². The van der Waals surface area contributed by atoms with Gasteiger partial charge in [-0.1, -0.05) is 19.3 Å². The molecular formula is C19H24N4O2. The van der Waals surface area contributed by atoms with Gasteiger partial charge >= 0.3 is 0 Å². The molecule has 6 nitrogen and oxygen atoms in total. The summed E-state index contributed by atoms with van der Waals surface area (Å²) < 4.78 is 2.74. The Morgan fingerprint density at radius 3 is 2.72 bits per heavy atom. The van der Waals surface area contributed by atoms with Crippen molar-refractivity contribution in [2.75, 3.05) is 0 Å². The van der Waals surface area contributed by atoms with Gasteiger partial charge in [-0.05, 0) is 50.5 Å². The van der Waals surface area contributed by atoms with Gasteiger partial charge in [-0.25, -0.2) is 4.68 Å². The summed E-state index contributed by atoms with van der Waals surface area (Å²) in [6.45, 7) is 3.69. The molecule has 132 valence electrons. The average molecular weight is 340 g/mol. The second kappa shape index (κ2) is 7.59. The van der Waals surface area contributed by atoms with Crippen LogP contribution in [0.4, 0.5) is 0 Å². The van der Waals surface area contributed by atoms with Crippen LogP contribution in [0.3, 0.4) is 0 Å². The molecule has 1 aliphatic carbocycles. The highest BCUT2D eigenvalue weighted by atomic mass is 16.2. The van der Waals surface area contributed by atoms with E-state index in [4.69, 9.17) is 4.99 Å². The fourth-order valence-electron chi connectivity index (χ4n) is 3.17. The molecule has 0 bridgehead atoms. The van der Waals surface area contributed by atoms with E-state index in [9.17, 15) is 9.59 Å². The number of rotatable bonds is 3. The molecule has 0 unspecified atom stereocenters. The Balaban J connectivity index is 1.93. The van der Waals surface area contributed by atoms with Crippen molar-refractivity contribution in [1.29, 1.82) is 0 Å². The SMILES string of the molecule is Cc1ccn(C(=O)Cn2nc(C)ccc2=O)c(=NC2CCCCC2)c1. The summed E-state index contributed by atoms with van der Waals surface area (Å²) in [5.74, 6) is -0.213. The van der Waals surface area contributed by atoms with E-state index in [2.05, 4.69) is 5.10 Å². The first-order valence-corrected chi connectivity index (χ1v) is 8.84. The van der Waals surface area contributed by atoms with Crippen LogP contribution in [0.15, 0.2) is 40.2 Å². The van der Waals surface area contributed by atoms with E-state index in [0.29, 0.717) is 11.2 Å². The normalized spacial score (nSPS) is 16.2. The van der Waals surface area contributed by atoms with Crippen molar-refractivity contribution in [1.82, 2.24) is 14.3 Å². The van der Waals surface area contributed by atoms with Gasteiger partial charge in [-0.3, -0.25) is 19.1 Å². The second-order valence-corrected chi connectivity index (χ2v) is 6.72. The third kappa shape index (κ3) is 4.32. The van der Waals surface area contributed by atoms with Gasteiger partial charge < -0.3 is 0 Å². The minimum atomic E-state index is -0.280. The molecule has 1 fully saturated rings. The van der Waals surface area contributed by atoms with Gasteiger partial charge in [0.15, 0.2) is 0 Å². The summed E-state index contributed by atoms with van der Waals surface area (Å²) >= 11 is 0. The predicted octanol–water partition coefficient (Wildman–Crippen LogP) is 2.24. The van der Waals surface area contributed by atoms with Gasteiger partial charge in [-0.15, -0.1) is 0 Å². The number of aryl methyl sites for hydroxylation is 2. The Bertz CT molecular complexity index is 889. The van der Waals surface area contributed by atoms with Crippen molar-refractivity contribution in [3.8, 4) is 0 Å². The zero-order valence-electron chi connectivity index (χ0n) is 14.8. The fourth-order valence-corrected chi connectivity index (χ4v) is 3.17. The van der Waals surface area contributed by atoms with Crippen molar-refractivity contribution in [2.45, 2.75) is 58.5 Å². The monoisotopic (exact) mass is 340 g/mol. The van der Waals surface area contributed by atoms with Crippen LogP contribution >= 0.6 is 0 Å². The Labute approximate surface area is 146 Å². The molecule has 0 aliphatic heterocycles. The van der Waals surface area contributed by atoms with E-state index in [0.717, 1.165) is 18.4 Å². The van der Waals surface area contributed by atoms with Gasteiger partial charge in [0.05, 0.1) is 11.7 Å². The standard InChI is InChI=1S/C19H24N4O2/c1-14-10-11-22(17(12-14)20-16-6-4-3-5-7-16)19(25)13-23-18(24)9-8-15(2)21-23/h8-12,16H,3-7,13H2,1-2H3. The van der Waals surface area contributed by atoms with Crippen LogP contribution in [0.25, 0.3) is 0 Å². The van der Waals surface area contributed by atoms with Crippen molar-refractivity contribution in [3.63, 3.8) is 0 Å². The summed E-state index contributed by atoms with van der Waals surface area (Å²) in [6, 6.07) is 7.16. The summed E-state index contributed by atoms with van der Waals surface area (Å²) in [4.78, 5) is 29.5. The highest BCUT2D eigenvalue weighted by Gasteiger charge is 2.14. The van der Waals surface area contributed by atoms with Crippen molar-refractivity contribution in [3.05, 3.63) is 57.6 Å². The molecule has 3 rings (SSSR count). The number of pyridine rings is 1. The first-order valence-electron chi connectivity index (χ1n) is 8.84. The van der Waals surface area contributed by atoms with E-state index in [1.165, 1.54) is 34.6 Å². The molecule has 0 amide bonds. The smallest absolute Gasteiger partial charge is 0.267 e. The third-order valence-corrected chi connectivity index (χ3v) is 4.53. The molecule has 0 N–H and O–H groups in total. The number of carbonyl (C=O) groups excluding carboxylic acids is 1. The average Bonchev–Trinajstić information content (AvgIpc) is 2.59. The molecule has 0 radical (unpaired) electrons. The van der Waals surface area contributed by atoms with Crippen LogP contribution < -0.4 is 11.0 Å². The van der Waals surface area contributed by atoms with E-state index in [-0.39, 0.29) is 24.1 Å². The summed E-state index contributed by atoms with van der Waals surface area (Å²) in [6.07, 6.45) is 7.52. The van der Waals surface area contributed by atoms with Gasteiger partial charge in [0.1, 0.15) is 12.0 Å². The molecule has 2 aromatic heterocycles. The summed E-state index contributed by atoms with van der Waals surface area (Å²) in [7, 11) is 0. The highest BCUT2D eigenvalue weighted by molar-refractivity contribution is 5.78. The molecule has 0 saturated heterocycles. The fraction of sp³-hybridized carbons (Fsp3) is 0.474. The van der Waals surface area contributed by atoms with E-state index in [1.807, 2.05) is 19.1 Å². The topological polar surface area (TPSA) is 69.2 Å². The molecule has 0 aromatic carbocycles. The van der Waals surface area contributed by atoms with Gasteiger partial charge in [0.2, 0.25) is 0 Å². The minimum absolute atomic E-state index is 0.0958. The maximum absolute atomic E-state index is 12.8. The van der Waals surface area contributed by atoms with Crippen LogP contribution in [-0.4, -0.2) is 26.3 Å². The lowest BCUT2D eigenvalue weighted by atomic mass is 9.96.